The second-order valence-corrected chi connectivity index (χ2v) is 7.30. The fraction of sp³-hybridized carbons (Fsp3) is 0.263. The molecule has 0 bridgehead atoms. The molecule has 1 heterocycles. The Bertz CT molecular complexity index is 687. The minimum Gasteiger partial charge on any atom is -0.488 e. The molecule has 2 aromatic rings. The summed E-state index contributed by atoms with van der Waals surface area (Å²) in [6, 6.07) is 16.4. The Balaban J connectivity index is 1.51. The number of hydrogen-bond acceptors (Lipinski definition) is 2. The van der Waals surface area contributed by atoms with Gasteiger partial charge in [0.1, 0.15) is 12.4 Å². The van der Waals surface area contributed by atoms with Crippen LogP contribution in [-0.2, 0) is 6.54 Å². The van der Waals surface area contributed by atoms with Crippen LogP contribution in [0.25, 0.3) is 0 Å². The maximum Gasteiger partial charge on any atom is 0.133 e. The van der Waals surface area contributed by atoms with E-state index in [0.717, 1.165) is 40.4 Å². The van der Waals surface area contributed by atoms with Crippen LogP contribution in [-0.4, -0.2) is 24.6 Å². The maximum atomic E-state index is 5.97. The summed E-state index contributed by atoms with van der Waals surface area (Å²) in [5.41, 5.74) is 2.75. The molecule has 0 radical (unpaired) electrons. The van der Waals surface area contributed by atoms with Gasteiger partial charge in [0.2, 0.25) is 0 Å². The summed E-state index contributed by atoms with van der Waals surface area (Å²) in [7, 11) is 0. The third-order valence-electron chi connectivity index (χ3n) is 3.94. The number of halogens is 2. The molecule has 0 saturated carbocycles. The molecule has 120 valence electrons. The molecular formula is C19H19ClINO. The van der Waals surface area contributed by atoms with Crippen molar-refractivity contribution >= 4 is 34.2 Å². The number of nitrogens with zero attached hydrogens (tertiary/aromatic N) is 1. The van der Waals surface area contributed by atoms with E-state index in [1.54, 1.807) is 0 Å². The Hall–Kier alpha value is -1.04. The molecule has 0 N–H and O–H groups in total. The van der Waals surface area contributed by atoms with E-state index in [0.29, 0.717) is 6.61 Å². The lowest BCUT2D eigenvalue weighted by molar-refractivity contribution is 0.270. The molecule has 1 aliphatic rings. The van der Waals surface area contributed by atoms with Crippen molar-refractivity contribution in [1.82, 2.24) is 4.90 Å². The Labute approximate surface area is 156 Å². The zero-order chi connectivity index (χ0) is 16.1. The zero-order valence-corrected chi connectivity index (χ0v) is 15.8. The van der Waals surface area contributed by atoms with E-state index < -0.39 is 0 Å². The SMILES string of the molecule is Clc1ccc(OCC2=CCN(Cc3ccccc3)CC2)c(I)c1. The first-order valence-electron chi connectivity index (χ1n) is 7.73. The van der Waals surface area contributed by atoms with Gasteiger partial charge >= 0.3 is 0 Å². The van der Waals surface area contributed by atoms with E-state index in [1.165, 1.54) is 11.1 Å². The standard InChI is InChI=1S/C19H19ClINO/c20-17-6-7-19(18(21)12-17)23-14-16-8-10-22(11-9-16)13-15-4-2-1-3-5-15/h1-8,12H,9-11,13-14H2. The predicted molar refractivity (Wildman–Crippen MR) is 104 cm³/mol. The van der Waals surface area contributed by atoms with E-state index in [4.69, 9.17) is 16.3 Å². The van der Waals surface area contributed by atoms with Gasteiger partial charge in [0, 0.05) is 24.7 Å². The van der Waals surface area contributed by atoms with Crippen LogP contribution in [0.15, 0.2) is 60.2 Å². The van der Waals surface area contributed by atoms with Gasteiger partial charge in [-0.25, -0.2) is 0 Å². The Kier molecular flexibility index (Phi) is 5.97. The molecule has 3 rings (SSSR count). The first kappa shape index (κ1) is 16.8. The van der Waals surface area contributed by atoms with Gasteiger partial charge in [-0.1, -0.05) is 48.0 Å². The van der Waals surface area contributed by atoms with Crippen LogP contribution in [0.5, 0.6) is 5.75 Å². The number of ether oxygens (including phenoxy) is 1. The summed E-state index contributed by atoms with van der Waals surface area (Å²) >= 11 is 8.23. The van der Waals surface area contributed by atoms with Gasteiger partial charge in [-0.05, 0) is 58.3 Å². The third kappa shape index (κ3) is 4.96. The van der Waals surface area contributed by atoms with Crippen LogP contribution in [0.1, 0.15) is 12.0 Å². The second kappa shape index (κ2) is 8.18. The lowest BCUT2D eigenvalue weighted by atomic mass is 10.1. The predicted octanol–water partition coefficient (Wildman–Crippen LogP) is 5.16. The number of rotatable bonds is 5. The van der Waals surface area contributed by atoms with Crippen molar-refractivity contribution in [3.8, 4) is 5.75 Å². The first-order chi connectivity index (χ1) is 11.2. The van der Waals surface area contributed by atoms with Crippen molar-refractivity contribution in [1.29, 1.82) is 0 Å². The Morgan fingerprint density at radius 2 is 1.96 bits per heavy atom. The average Bonchev–Trinajstić information content (AvgIpc) is 2.56. The topological polar surface area (TPSA) is 12.5 Å². The summed E-state index contributed by atoms with van der Waals surface area (Å²) in [6.07, 6.45) is 3.37. The van der Waals surface area contributed by atoms with Crippen LogP contribution < -0.4 is 4.74 Å². The maximum absolute atomic E-state index is 5.97. The van der Waals surface area contributed by atoms with Gasteiger partial charge in [-0.2, -0.15) is 0 Å². The van der Waals surface area contributed by atoms with Gasteiger partial charge in [0.25, 0.3) is 0 Å². The van der Waals surface area contributed by atoms with Gasteiger partial charge in [0.05, 0.1) is 3.57 Å². The molecule has 2 nitrogen and oxygen atoms in total. The monoisotopic (exact) mass is 439 g/mol. The average molecular weight is 440 g/mol. The van der Waals surface area contributed by atoms with Crippen molar-refractivity contribution in [2.75, 3.05) is 19.7 Å². The molecule has 2 aromatic carbocycles. The van der Waals surface area contributed by atoms with Gasteiger partial charge in [0.15, 0.2) is 0 Å². The molecule has 0 fully saturated rings. The van der Waals surface area contributed by atoms with Crippen LogP contribution in [0, 0.1) is 3.57 Å². The van der Waals surface area contributed by atoms with Crippen LogP contribution in [0.2, 0.25) is 5.02 Å². The lowest BCUT2D eigenvalue weighted by Gasteiger charge is -2.26. The fourth-order valence-electron chi connectivity index (χ4n) is 2.63. The lowest BCUT2D eigenvalue weighted by Crippen LogP contribution is -2.29. The van der Waals surface area contributed by atoms with Gasteiger partial charge < -0.3 is 4.74 Å². The molecule has 0 amide bonds. The van der Waals surface area contributed by atoms with E-state index in [2.05, 4.69) is 63.9 Å². The molecule has 1 aliphatic heterocycles. The molecule has 0 saturated heterocycles. The quantitative estimate of drug-likeness (QED) is 0.471. The summed E-state index contributed by atoms with van der Waals surface area (Å²) in [6.45, 7) is 3.75. The highest BCUT2D eigenvalue weighted by Crippen LogP contribution is 2.25. The van der Waals surface area contributed by atoms with Crippen molar-refractivity contribution in [2.24, 2.45) is 0 Å². The highest BCUT2D eigenvalue weighted by Gasteiger charge is 2.13. The molecular weight excluding hydrogens is 421 g/mol. The van der Waals surface area contributed by atoms with Crippen molar-refractivity contribution < 1.29 is 4.74 Å². The summed E-state index contributed by atoms with van der Waals surface area (Å²) in [4.78, 5) is 2.46. The minimum atomic E-state index is 0.664. The third-order valence-corrected chi connectivity index (χ3v) is 5.02. The largest absolute Gasteiger partial charge is 0.488 e. The molecule has 0 unspecified atom stereocenters. The second-order valence-electron chi connectivity index (χ2n) is 5.70. The molecule has 4 heteroatoms. The molecule has 0 spiro atoms. The minimum absolute atomic E-state index is 0.664. The van der Waals surface area contributed by atoms with E-state index >= 15 is 0 Å². The molecule has 23 heavy (non-hydrogen) atoms. The Morgan fingerprint density at radius 1 is 1.13 bits per heavy atom. The van der Waals surface area contributed by atoms with E-state index in [1.807, 2.05) is 18.2 Å². The fourth-order valence-corrected chi connectivity index (χ4v) is 3.66. The molecule has 0 aromatic heterocycles. The van der Waals surface area contributed by atoms with Crippen molar-refractivity contribution in [2.45, 2.75) is 13.0 Å². The summed E-state index contributed by atoms with van der Waals surface area (Å²) in [5.74, 6) is 0.905. The zero-order valence-electron chi connectivity index (χ0n) is 12.8. The normalized spacial score (nSPS) is 15.3. The van der Waals surface area contributed by atoms with Crippen LogP contribution >= 0.6 is 34.2 Å². The van der Waals surface area contributed by atoms with E-state index in [9.17, 15) is 0 Å². The number of hydrogen-bond donors (Lipinski definition) is 0. The molecule has 0 atom stereocenters. The smallest absolute Gasteiger partial charge is 0.133 e. The van der Waals surface area contributed by atoms with Crippen LogP contribution in [0.4, 0.5) is 0 Å². The number of benzene rings is 2. The van der Waals surface area contributed by atoms with E-state index in [-0.39, 0.29) is 0 Å². The molecule has 0 aliphatic carbocycles. The first-order valence-corrected chi connectivity index (χ1v) is 9.18. The highest BCUT2D eigenvalue weighted by atomic mass is 127. The highest BCUT2D eigenvalue weighted by molar-refractivity contribution is 14.1. The van der Waals surface area contributed by atoms with Crippen molar-refractivity contribution in [3.63, 3.8) is 0 Å². The Morgan fingerprint density at radius 3 is 2.65 bits per heavy atom. The van der Waals surface area contributed by atoms with Crippen molar-refractivity contribution in [3.05, 3.63) is 74.3 Å². The van der Waals surface area contributed by atoms with Gasteiger partial charge in [-0.3, -0.25) is 4.90 Å². The van der Waals surface area contributed by atoms with Gasteiger partial charge in [-0.15, -0.1) is 0 Å². The summed E-state index contributed by atoms with van der Waals surface area (Å²) in [5, 5.41) is 0.746. The summed E-state index contributed by atoms with van der Waals surface area (Å²) < 4.78 is 6.98. The van der Waals surface area contributed by atoms with Crippen LogP contribution in [0.3, 0.4) is 0 Å².